The number of aromatic nitrogens is 3. The number of rotatable bonds is 3. The van der Waals surface area contributed by atoms with Gasteiger partial charge in [0.05, 0.1) is 6.26 Å². The SMILES string of the molecule is Cl.NC(=O)c1ncn2c(C(=O)N3CC[C@@H]4CNC[C@@H]4CC3)cc(-c3ccco3)nc12. The Morgan fingerprint density at radius 2 is 1.93 bits per heavy atom. The minimum Gasteiger partial charge on any atom is -0.463 e. The van der Waals surface area contributed by atoms with Crippen LogP contribution in [0.1, 0.15) is 33.8 Å². The van der Waals surface area contributed by atoms with Crippen LogP contribution in [0.25, 0.3) is 17.1 Å². The van der Waals surface area contributed by atoms with E-state index >= 15 is 0 Å². The molecule has 30 heavy (non-hydrogen) atoms. The predicted octanol–water partition coefficient (Wildman–Crippen LogP) is 1.58. The van der Waals surface area contributed by atoms with Crippen LogP contribution in [0, 0.1) is 11.8 Å². The molecule has 3 aromatic heterocycles. The maximum absolute atomic E-state index is 13.5. The van der Waals surface area contributed by atoms with Gasteiger partial charge in [0.15, 0.2) is 17.1 Å². The van der Waals surface area contributed by atoms with E-state index in [0.717, 1.165) is 25.9 Å². The Hall–Kier alpha value is -2.91. The van der Waals surface area contributed by atoms with Crippen LogP contribution in [-0.4, -0.2) is 57.3 Å². The van der Waals surface area contributed by atoms with E-state index in [4.69, 9.17) is 10.2 Å². The van der Waals surface area contributed by atoms with Crippen molar-refractivity contribution in [3.8, 4) is 11.5 Å². The van der Waals surface area contributed by atoms with Gasteiger partial charge in [0.2, 0.25) is 0 Å². The maximum Gasteiger partial charge on any atom is 0.271 e. The molecule has 3 aromatic rings. The van der Waals surface area contributed by atoms with E-state index in [0.29, 0.717) is 42.1 Å². The highest BCUT2D eigenvalue weighted by atomic mass is 35.5. The first-order valence-electron chi connectivity index (χ1n) is 9.83. The van der Waals surface area contributed by atoms with E-state index in [1.807, 2.05) is 4.90 Å². The molecule has 0 bridgehead atoms. The van der Waals surface area contributed by atoms with Gasteiger partial charge < -0.3 is 20.4 Å². The molecule has 5 rings (SSSR count). The number of halogens is 1. The predicted molar refractivity (Wildman–Crippen MR) is 111 cm³/mol. The summed E-state index contributed by atoms with van der Waals surface area (Å²) < 4.78 is 7.00. The lowest BCUT2D eigenvalue weighted by Gasteiger charge is -2.21. The van der Waals surface area contributed by atoms with Gasteiger partial charge in [-0.3, -0.25) is 14.0 Å². The van der Waals surface area contributed by atoms with Crippen LogP contribution in [0.3, 0.4) is 0 Å². The number of carbonyl (C=O) groups is 2. The number of hydrogen-bond donors (Lipinski definition) is 2. The monoisotopic (exact) mass is 430 g/mol. The third kappa shape index (κ3) is 3.44. The number of furan rings is 1. The molecule has 0 radical (unpaired) electrons. The number of amides is 2. The Balaban J connectivity index is 0.00000218. The second-order valence-electron chi connectivity index (χ2n) is 7.70. The van der Waals surface area contributed by atoms with E-state index in [2.05, 4.69) is 15.3 Å². The fourth-order valence-electron chi connectivity index (χ4n) is 4.44. The summed E-state index contributed by atoms with van der Waals surface area (Å²) in [6, 6.07) is 5.19. The van der Waals surface area contributed by atoms with Crippen molar-refractivity contribution >= 4 is 29.9 Å². The smallest absolute Gasteiger partial charge is 0.271 e. The number of nitrogens with one attached hydrogen (secondary N) is 1. The van der Waals surface area contributed by atoms with Crippen molar-refractivity contribution in [1.29, 1.82) is 0 Å². The Morgan fingerprint density at radius 3 is 2.57 bits per heavy atom. The van der Waals surface area contributed by atoms with Crippen molar-refractivity contribution in [2.45, 2.75) is 12.8 Å². The topological polar surface area (TPSA) is 119 Å². The highest BCUT2D eigenvalue weighted by molar-refractivity contribution is 5.99. The summed E-state index contributed by atoms with van der Waals surface area (Å²) in [7, 11) is 0. The highest BCUT2D eigenvalue weighted by Crippen LogP contribution is 2.28. The molecule has 2 amide bonds. The van der Waals surface area contributed by atoms with E-state index in [9.17, 15) is 9.59 Å². The van der Waals surface area contributed by atoms with Crippen LogP contribution in [0.4, 0.5) is 0 Å². The lowest BCUT2D eigenvalue weighted by Crippen LogP contribution is -2.34. The fraction of sp³-hybridized carbons (Fsp3) is 0.400. The van der Waals surface area contributed by atoms with Crippen molar-refractivity contribution in [3.05, 3.63) is 42.2 Å². The Labute approximate surface area is 179 Å². The van der Waals surface area contributed by atoms with Crippen LogP contribution in [0.2, 0.25) is 0 Å². The summed E-state index contributed by atoms with van der Waals surface area (Å²) in [5.41, 5.74) is 6.60. The van der Waals surface area contributed by atoms with Gasteiger partial charge in [-0.15, -0.1) is 12.4 Å². The zero-order valence-corrected chi connectivity index (χ0v) is 17.1. The lowest BCUT2D eigenvalue weighted by molar-refractivity contribution is 0.0750. The Morgan fingerprint density at radius 1 is 1.20 bits per heavy atom. The summed E-state index contributed by atoms with van der Waals surface area (Å²) in [5, 5.41) is 3.45. The normalized spacial score (nSPS) is 21.1. The number of imidazole rings is 1. The molecule has 0 unspecified atom stereocenters. The first-order chi connectivity index (χ1) is 14.1. The molecule has 3 N–H and O–H groups in total. The Kier molecular flexibility index (Phi) is 5.48. The van der Waals surface area contributed by atoms with Crippen molar-refractivity contribution < 1.29 is 14.0 Å². The molecule has 2 aliphatic rings. The van der Waals surface area contributed by atoms with Crippen LogP contribution in [-0.2, 0) is 0 Å². The van der Waals surface area contributed by atoms with Crippen molar-refractivity contribution in [3.63, 3.8) is 0 Å². The second kappa shape index (κ2) is 8.08. The number of likely N-dealkylation sites (tertiary alicyclic amines) is 1. The summed E-state index contributed by atoms with van der Waals surface area (Å²) in [4.78, 5) is 35.7. The minimum atomic E-state index is -0.690. The molecule has 2 saturated heterocycles. The van der Waals surface area contributed by atoms with E-state index < -0.39 is 5.91 Å². The number of hydrogen-bond acceptors (Lipinski definition) is 6. The molecule has 5 heterocycles. The second-order valence-corrected chi connectivity index (χ2v) is 7.70. The Bertz CT molecular complexity index is 1070. The first-order valence-corrected chi connectivity index (χ1v) is 9.83. The number of carbonyl (C=O) groups excluding carboxylic acids is 2. The van der Waals surface area contributed by atoms with Gasteiger partial charge >= 0.3 is 0 Å². The summed E-state index contributed by atoms with van der Waals surface area (Å²) in [6.45, 7) is 3.47. The molecular formula is C20H23ClN6O3. The minimum absolute atomic E-state index is 0. The standard InChI is InChI=1S/C20H22N6O3.ClH/c21-18(27)17-19-24-14(16-2-1-7-29-16)8-15(26(19)11-23-17)20(28)25-5-3-12-9-22-10-13(12)4-6-25;/h1-2,7-8,11-13,22H,3-6,9-10H2,(H2,21,27);1H/t12-,13+;. The third-order valence-corrected chi connectivity index (χ3v) is 6.03. The average molecular weight is 431 g/mol. The summed E-state index contributed by atoms with van der Waals surface area (Å²) in [6.07, 6.45) is 4.94. The van der Waals surface area contributed by atoms with E-state index in [1.165, 1.54) is 12.6 Å². The molecule has 0 aliphatic carbocycles. The molecule has 2 atom stereocenters. The fourth-order valence-corrected chi connectivity index (χ4v) is 4.44. The van der Waals surface area contributed by atoms with Crippen LogP contribution >= 0.6 is 12.4 Å². The third-order valence-electron chi connectivity index (χ3n) is 6.03. The molecule has 9 nitrogen and oxygen atoms in total. The largest absolute Gasteiger partial charge is 0.463 e. The summed E-state index contributed by atoms with van der Waals surface area (Å²) in [5.74, 6) is 0.962. The van der Waals surface area contributed by atoms with Crippen LogP contribution in [0.5, 0.6) is 0 Å². The van der Waals surface area contributed by atoms with Gasteiger partial charge in [-0.2, -0.15) is 0 Å². The maximum atomic E-state index is 13.5. The highest BCUT2D eigenvalue weighted by Gasteiger charge is 2.32. The van der Waals surface area contributed by atoms with Gasteiger partial charge in [-0.25, -0.2) is 9.97 Å². The zero-order valence-electron chi connectivity index (χ0n) is 16.3. The molecule has 0 aromatic carbocycles. The summed E-state index contributed by atoms with van der Waals surface area (Å²) >= 11 is 0. The molecular weight excluding hydrogens is 408 g/mol. The number of nitrogens with two attached hydrogens (primary N) is 1. The van der Waals surface area contributed by atoms with Crippen molar-refractivity contribution in [2.24, 2.45) is 17.6 Å². The van der Waals surface area contributed by atoms with E-state index in [1.54, 1.807) is 22.6 Å². The number of nitrogens with zero attached hydrogens (tertiary/aromatic N) is 4. The molecule has 0 spiro atoms. The van der Waals surface area contributed by atoms with E-state index in [-0.39, 0.29) is 29.7 Å². The van der Waals surface area contributed by atoms with Crippen LogP contribution < -0.4 is 11.1 Å². The number of primary amides is 1. The van der Waals surface area contributed by atoms with Crippen molar-refractivity contribution in [2.75, 3.05) is 26.2 Å². The average Bonchev–Trinajstić information content (AvgIpc) is 3.45. The van der Waals surface area contributed by atoms with Gasteiger partial charge in [0.25, 0.3) is 11.8 Å². The zero-order chi connectivity index (χ0) is 20.0. The first kappa shape index (κ1) is 20.4. The van der Waals surface area contributed by atoms with Crippen molar-refractivity contribution in [1.82, 2.24) is 24.6 Å². The molecule has 0 saturated carbocycles. The molecule has 2 fully saturated rings. The lowest BCUT2D eigenvalue weighted by atomic mass is 9.92. The molecule has 10 heteroatoms. The molecule has 158 valence electrons. The van der Waals surface area contributed by atoms with Gasteiger partial charge in [-0.1, -0.05) is 0 Å². The quantitative estimate of drug-likeness (QED) is 0.651. The van der Waals surface area contributed by atoms with Gasteiger partial charge in [0.1, 0.15) is 17.7 Å². The molecule has 2 aliphatic heterocycles. The van der Waals surface area contributed by atoms with Gasteiger partial charge in [0, 0.05) is 13.1 Å². The van der Waals surface area contributed by atoms with Gasteiger partial charge in [-0.05, 0) is 56.0 Å². The number of fused-ring (bicyclic) bond motifs is 2. The van der Waals surface area contributed by atoms with Crippen LogP contribution in [0.15, 0.2) is 35.2 Å².